The summed E-state index contributed by atoms with van der Waals surface area (Å²) >= 11 is 0.941. The number of hydrogen-bond donors (Lipinski definition) is 1. The molecular formula is C19H29F3N2O4S. The van der Waals surface area contributed by atoms with Crippen LogP contribution in [0, 0.1) is 0 Å². The smallest absolute Gasteiger partial charge is 0.353 e. The Morgan fingerprint density at radius 2 is 2.03 bits per heavy atom. The summed E-state index contributed by atoms with van der Waals surface area (Å²) in [7, 11) is 0. The normalized spacial score (nSPS) is 18.7. The van der Waals surface area contributed by atoms with E-state index in [1.165, 1.54) is 0 Å². The highest BCUT2D eigenvalue weighted by Gasteiger charge is 2.33. The summed E-state index contributed by atoms with van der Waals surface area (Å²) in [6.45, 7) is 8.09. The summed E-state index contributed by atoms with van der Waals surface area (Å²) in [4.78, 5) is 12.4. The van der Waals surface area contributed by atoms with Crippen molar-refractivity contribution in [3.8, 4) is 0 Å². The largest absolute Gasteiger partial charge is 0.389 e. The Morgan fingerprint density at radius 1 is 1.31 bits per heavy atom. The summed E-state index contributed by atoms with van der Waals surface area (Å²) in [6.07, 6.45) is -2.43. The van der Waals surface area contributed by atoms with E-state index in [9.17, 15) is 18.0 Å². The average molecular weight is 439 g/mol. The lowest BCUT2D eigenvalue weighted by Gasteiger charge is -2.28. The monoisotopic (exact) mass is 438 g/mol. The Morgan fingerprint density at radius 3 is 2.66 bits per heavy atom. The second kappa shape index (κ2) is 9.70. The van der Waals surface area contributed by atoms with Crippen LogP contribution < -0.4 is 5.32 Å². The van der Waals surface area contributed by atoms with Crippen LogP contribution in [0.3, 0.4) is 0 Å². The fraction of sp³-hybridized carbons (Fsp3) is 0.789. The molecular weight excluding hydrogens is 409 g/mol. The van der Waals surface area contributed by atoms with Gasteiger partial charge >= 0.3 is 6.18 Å². The van der Waals surface area contributed by atoms with E-state index in [0.717, 1.165) is 31.0 Å². The number of alkyl halides is 3. The number of carbonyl (C=O) groups excluding carboxylic acids is 1. The zero-order chi connectivity index (χ0) is 21.7. The average Bonchev–Trinajstić information content (AvgIpc) is 3.09. The fourth-order valence-corrected chi connectivity index (χ4v) is 3.65. The summed E-state index contributed by atoms with van der Waals surface area (Å²) in [5.41, 5.74) is 0.135. The predicted octanol–water partition coefficient (Wildman–Crippen LogP) is 4.90. The van der Waals surface area contributed by atoms with Gasteiger partial charge in [0.05, 0.1) is 23.5 Å². The number of anilines is 1. The molecule has 10 heteroatoms. The molecule has 2 rings (SSSR count). The highest BCUT2D eigenvalue weighted by atomic mass is 32.2. The first kappa shape index (κ1) is 24.0. The van der Waals surface area contributed by atoms with Crippen molar-refractivity contribution in [2.24, 2.45) is 0 Å². The molecule has 0 aromatic carbocycles. The van der Waals surface area contributed by atoms with Crippen LogP contribution in [0.2, 0.25) is 0 Å². The number of nitrogens with one attached hydrogen (secondary N) is 1. The Balaban J connectivity index is 1.88. The van der Waals surface area contributed by atoms with Crippen LogP contribution in [0.5, 0.6) is 0 Å². The molecule has 2 heterocycles. The highest BCUT2D eigenvalue weighted by Crippen LogP contribution is 2.32. The van der Waals surface area contributed by atoms with Crippen LogP contribution >= 0.6 is 11.8 Å². The summed E-state index contributed by atoms with van der Waals surface area (Å²) in [5.74, 6) is -0.493. The molecule has 1 atom stereocenters. The van der Waals surface area contributed by atoms with Crippen LogP contribution in [0.15, 0.2) is 10.6 Å². The molecule has 0 bridgehead atoms. The van der Waals surface area contributed by atoms with E-state index in [-0.39, 0.29) is 17.9 Å². The number of halogens is 3. The second-order valence-corrected chi connectivity index (χ2v) is 9.96. The first-order chi connectivity index (χ1) is 13.4. The van der Waals surface area contributed by atoms with Gasteiger partial charge in [-0.25, -0.2) is 0 Å². The van der Waals surface area contributed by atoms with Gasteiger partial charge in [0.25, 0.3) is 0 Å². The number of hydrogen-bond acceptors (Lipinski definition) is 6. The van der Waals surface area contributed by atoms with Gasteiger partial charge in [0.2, 0.25) is 11.8 Å². The second-order valence-electron chi connectivity index (χ2n) is 8.25. The minimum absolute atomic E-state index is 0.150. The van der Waals surface area contributed by atoms with E-state index < -0.39 is 28.7 Å². The molecule has 1 amide bonds. The van der Waals surface area contributed by atoms with Gasteiger partial charge in [-0.05, 0) is 33.1 Å². The molecule has 0 spiro atoms. The number of amides is 1. The van der Waals surface area contributed by atoms with Crippen molar-refractivity contribution in [1.82, 2.24) is 5.16 Å². The third-order valence-electron chi connectivity index (χ3n) is 4.60. The van der Waals surface area contributed by atoms with Crippen molar-refractivity contribution in [3.63, 3.8) is 0 Å². The Labute approximate surface area is 173 Å². The maximum Gasteiger partial charge on any atom is 0.389 e. The zero-order valence-corrected chi connectivity index (χ0v) is 18.0. The maximum atomic E-state index is 12.4. The van der Waals surface area contributed by atoms with Gasteiger partial charge in [0.1, 0.15) is 0 Å². The summed E-state index contributed by atoms with van der Waals surface area (Å²) in [6, 6.07) is 1.61. The molecule has 1 aromatic rings. The van der Waals surface area contributed by atoms with Crippen molar-refractivity contribution in [2.45, 2.75) is 76.0 Å². The minimum Gasteiger partial charge on any atom is -0.353 e. The van der Waals surface area contributed by atoms with Crippen molar-refractivity contribution >= 4 is 23.6 Å². The molecule has 1 saturated heterocycles. The molecule has 1 aliphatic heterocycles. The molecule has 0 saturated carbocycles. The van der Waals surface area contributed by atoms with E-state index >= 15 is 0 Å². The molecule has 0 aliphatic carbocycles. The summed E-state index contributed by atoms with van der Waals surface area (Å²) < 4.78 is 52.5. The number of carbonyl (C=O) groups is 1. The lowest BCUT2D eigenvalue weighted by Crippen LogP contribution is -2.34. The van der Waals surface area contributed by atoms with Crippen molar-refractivity contribution in [1.29, 1.82) is 0 Å². The van der Waals surface area contributed by atoms with Gasteiger partial charge in [-0.15, -0.1) is 11.8 Å². The van der Waals surface area contributed by atoms with Gasteiger partial charge in [0, 0.05) is 23.8 Å². The van der Waals surface area contributed by atoms with Crippen molar-refractivity contribution in [2.75, 3.05) is 24.3 Å². The van der Waals surface area contributed by atoms with Gasteiger partial charge in [-0.2, -0.15) is 13.2 Å². The molecule has 29 heavy (non-hydrogen) atoms. The molecule has 1 aromatic heterocycles. The van der Waals surface area contributed by atoms with Gasteiger partial charge < -0.3 is 14.0 Å². The number of thioether (sulfide) groups is 1. The zero-order valence-electron chi connectivity index (χ0n) is 17.2. The van der Waals surface area contributed by atoms with E-state index in [0.29, 0.717) is 18.9 Å². The molecule has 0 radical (unpaired) electrons. The van der Waals surface area contributed by atoms with Gasteiger partial charge in [0.15, 0.2) is 6.29 Å². The first-order valence-electron chi connectivity index (χ1n) is 9.62. The first-order valence-corrected chi connectivity index (χ1v) is 10.6. The Kier molecular flexibility index (Phi) is 8.03. The lowest BCUT2D eigenvalue weighted by molar-refractivity contribution is -0.170. The standard InChI is InChI=1S/C19H29F3N2O4S/c1-17(2,12-27-15-7-5-6-9-26-15)13-11-14(28-24-13)23-16(25)18(3,4)29-10-8-19(20,21)22/h11,15H,5-10,12H2,1-4H3,(H,23,25). The van der Waals surface area contributed by atoms with Crippen molar-refractivity contribution in [3.05, 3.63) is 11.8 Å². The van der Waals surface area contributed by atoms with Crippen LogP contribution in [-0.2, 0) is 19.7 Å². The number of ether oxygens (including phenoxy) is 2. The third kappa shape index (κ3) is 7.82. The molecule has 1 aliphatic rings. The number of rotatable bonds is 9. The van der Waals surface area contributed by atoms with Crippen LogP contribution in [0.4, 0.5) is 19.1 Å². The molecule has 166 valence electrons. The number of nitrogens with zero attached hydrogens (tertiary/aromatic N) is 1. The topological polar surface area (TPSA) is 73.6 Å². The van der Waals surface area contributed by atoms with E-state index in [1.807, 2.05) is 13.8 Å². The van der Waals surface area contributed by atoms with Crippen molar-refractivity contribution < 1.29 is 32.0 Å². The molecule has 6 nitrogen and oxygen atoms in total. The Hall–Kier alpha value is -1.26. The summed E-state index contributed by atoms with van der Waals surface area (Å²) in [5, 5.41) is 6.61. The molecule has 1 unspecified atom stereocenters. The number of aromatic nitrogens is 1. The minimum atomic E-state index is -4.24. The van der Waals surface area contributed by atoms with Gasteiger partial charge in [-0.1, -0.05) is 19.0 Å². The fourth-order valence-electron chi connectivity index (χ4n) is 2.62. The van der Waals surface area contributed by atoms with Gasteiger partial charge in [-0.3, -0.25) is 10.1 Å². The molecule has 1 N–H and O–H groups in total. The Bertz CT molecular complexity index is 671. The van der Waals surface area contributed by atoms with E-state index in [1.54, 1.807) is 19.9 Å². The van der Waals surface area contributed by atoms with Crippen LogP contribution in [0.1, 0.15) is 59.1 Å². The quantitative estimate of drug-likeness (QED) is 0.591. The maximum absolute atomic E-state index is 12.4. The molecule has 1 fully saturated rings. The van der Waals surface area contributed by atoms with E-state index in [2.05, 4.69) is 10.5 Å². The van der Waals surface area contributed by atoms with E-state index in [4.69, 9.17) is 14.0 Å². The third-order valence-corrected chi connectivity index (χ3v) is 5.92. The van der Waals surface area contributed by atoms with Crippen LogP contribution in [0.25, 0.3) is 0 Å². The highest BCUT2D eigenvalue weighted by molar-refractivity contribution is 8.01. The lowest BCUT2D eigenvalue weighted by atomic mass is 9.90. The van der Waals surface area contributed by atoms with Crippen LogP contribution in [-0.4, -0.2) is 47.2 Å². The predicted molar refractivity (Wildman–Crippen MR) is 105 cm³/mol. The SMILES string of the molecule is CC(C)(SCCC(F)(F)F)C(=O)Nc1cc(C(C)(C)COC2CCCCO2)no1.